The van der Waals surface area contributed by atoms with Gasteiger partial charge in [0.15, 0.2) is 0 Å². The van der Waals surface area contributed by atoms with Crippen molar-refractivity contribution in [2.24, 2.45) is 11.5 Å². The Morgan fingerprint density at radius 1 is 1.00 bits per heavy atom. The fourth-order valence-corrected chi connectivity index (χ4v) is 0.329. The predicted molar refractivity (Wildman–Crippen MR) is 44.6 cm³/mol. The molecular formula is C4H16N3O3P. The molecule has 8 N–H and O–H groups in total. The van der Waals surface area contributed by atoms with Gasteiger partial charge in [0, 0.05) is 26.2 Å². The Bertz CT molecular complexity index is 59.8. The molecule has 0 bridgehead atoms. The van der Waals surface area contributed by atoms with E-state index in [1.807, 2.05) is 0 Å². The van der Waals surface area contributed by atoms with Crippen LogP contribution in [-0.2, 0) is 0 Å². The Labute approximate surface area is 67.2 Å². The Morgan fingerprint density at radius 2 is 1.27 bits per heavy atom. The number of rotatable bonds is 4. The summed E-state index contributed by atoms with van der Waals surface area (Å²) in [6, 6.07) is 0. The van der Waals surface area contributed by atoms with Gasteiger partial charge in [0.05, 0.1) is 0 Å². The summed E-state index contributed by atoms with van der Waals surface area (Å²) < 4.78 is 0. The molecule has 0 heterocycles. The first-order chi connectivity index (χ1) is 5.15. The molecule has 0 aliphatic rings. The lowest BCUT2D eigenvalue weighted by Gasteiger charge is -1.95. The molecule has 0 aliphatic carbocycles. The fraction of sp³-hybridized carbons (Fsp3) is 1.00. The van der Waals surface area contributed by atoms with E-state index in [4.69, 9.17) is 26.1 Å². The first-order valence-electron chi connectivity index (χ1n) is 3.12. The number of nitrogens with two attached hydrogens (primary N) is 2. The highest BCUT2D eigenvalue weighted by atomic mass is 31.2. The van der Waals surface area contributed by atoms with E-state index in [9.17, 15) is 0 Å². The molecule has 0 unspecified atom stereocenters. The molecular weight excluding hydrogens is 169 g/mol. The minimum absolute atomic E-state index is 0.694. The molecule has 0 spiro atoms. The van der Waals surface area contributed by atoms with Gasteiger partial charge in [0.2, 0.25) is 0 Å². The summed E-state index contributed by atoms with van der Waals surface area (Å²) in [5.74, 6) is 0. The molecule has 0 aromatic carbocycles. The summed E-state index contributed by atoms with van der Waals surface area (Å²) in [7, 11) is -2.62. The molecule has 11 heavy (non-hydrogen) atoms. The molecule has 0 aromatic heterocycles. The van der Waals surface area contributed by atoms with Crippen LogP contribution in [0.4, 0.5) is 0 Å². The third-order valence-corrected chi connectivity index (χ3v) is 0.642. The van der Waals surface area contributed by atoms with Gasteiger partial charge in [-0.3, -0.25) is 0 Å². The molecule has 0 aliphatic heterocycles. The van der Waals surface area contributed by atoms with Crippen molar-refractivity contribution in [3.05, 3.63) is 0 Å². The number of hydrogen-bond acceptors (Lipinski definition) is 6. The van der Waals surface area contributed by atoms with E-state index in [0.717, 1.165) is 13.1 Å². The lowest BCUT2D eigenvalue weighted by atomic mass is 10.6. The molecule has 6 nitrogen and oxygen atoms in total. The van der Waals surface area contributed by atoms with Crippen LogP contribution < -0.4 is 16.8 Å². The highest BCUT2D eigenvalue weighted by Gasteiger charge is 1.77. The van der Waals surface area contributed by atoms with E-state index < -0.39 is 8.60 Å². The van der Waals surface area contributed by atoms with Crippen LogP contribution in [0, 0.1) is 0 Å². The molecule has 0 aromatic rings. The third-order valence-electron chi connectivity index (χ3n) is 0.642. The largest absolute Gasteiger partial charge is 0.329 e. The second-order valence-electron chi connectivity index (χ2n) is 1.60. The third kappa shape index (κ3) is 38.9. The van der Waals surface area contributed by atoms with Gasteiger partial charge in [0.1, 0.15) is 0 Å². The maximum absolute atomic E-state index is 7.23. The first-order valence-corrected chi connectivity index (χ1v) is 4.32. The molecule has 0 atom stereocenters. The van der Waals surface area contributed by atoms with Crippen LogP contribution in [0.25, 0.3) is 0 Å². The Hall–Kier alpha value is 0.190. The normalized spacial score (nSPS) is 9.27. The quantitative estimate of drug-likeness (QED) is 0.216. The van der Waals surface area contributed by atoms with Crippen molar-refractivity contribution in [1.29, 1.82) is 0 Å². The van der Waals surface area contributed by atoms with Crippen molar-refractivity contribution in [1.82, 2.24) is 5.32 Å². The van der Waals surface area contributed by atoms with Gasteiger partial charge in [-0.1, -0.05) is 0 Å². The second-order valence-corrected chi connectivity index (χ2v) is 2.13. The Balaban J connectivity index is 0. The van der Waals surface area contributed by atoms with Crippen molar-refractivity contribution in [3.63, 3.8) is 0 Å². The smallest absolute Gasteiger partial charge is 0.324 e. The van der Waals surface area contributed by atoms with Crippen molar-refractivity contribution < 1.29 is 14.7 Å². The van der Waals surface area contributed by atoms with E-state index in [0.29, 0.717) is 13.1 Å². The van der Waals surface area contributed by atoms with E-state index in [1.165, 1.54) is 0 Å². The van der Waals surface area contributed by atoms with Crippen LogP contribution in [0.5, 0.6) is 0 Å². The maximum atomic E-state index is 7.23. The van der Waals surface area contributed by atoms with Gasteiger partial charge in [0.25, 0.3) is 0 Å². The number of nitrogens with one attached hydrogen (secondary N) is 1. The predicted octanol–water partition coefficient (Wildman–Crippen LogP) is -2.32. The van der Waals surface area contributed by atoms with Gasteiger partial charge < -0.3 is 31.5 Å². The molecule has 70 valence electrons. The molecule has 0 fully saturated rings. The summed E-state index contributed by atoms with van der Waals surface area (Å²) in [4.78, 5) is 21.7. The van der Waals surface area contributed by atoms with Crippen LogP contribution in [0.1, 0.15) is 0 Å². The van der Waals surface area contributed by atoms with Gasteiger partial charge in [-0.25, -0.2) is 0 Å². The van der Waals surface area contributed by atoms with Crippen molar-refractivity contribution in [2.75, 3.05) is 26.2 Å². The molecule has 0 saturated heterocycles. The lowest BCUT2D eigenvalue weighted by molar-refractivity contribution is 0.368. The Kier molecular flexibility index (Phi) is 16.0. The summed E-state index contributed by atoms with van der Waals surface area (Å²) in [5.41, 5.74) is 10.3. The van der Waals surface area contributed by atoms with Gasteiger partial charge in [-0.2, -0.15) is 0 Å². The summed E-state index contributed by atoms with van der Waals surface area (Å²) in [6.45, 7) is 3.13. The van der Waals surface area contributed by atoms with Gasteiger partial charge >= 0.3 is 8.60 Å². The molecule has 0 rings (SSSR count). The average molecular weight is 185 g/mol. The van der Waals surface area contributed by atoms with E-state index in [1.54, 1.807) is 0 Å². The standard InChI is InChI=1S/C4H13N3.H3O3P/c5-1-3-7-4-2-6;1-4(2)3/h7H,1-6H2;1-3H. The fourth-order valence-electron chi connectivity index (χ4n) is 0.329. The minimum atomic E-state index is -2.62. The van der Waals surface area contributed by atoms with E-state index >= 15 is 0 Å². The van der Waals surface area contributed by atoms with E-state index in [-0.39, 0.29) is 0 Å². The lowest BCUT2D eigenvalue weighted by Crippen LogP contribution is -2.27. The highest BCUT2D eigenvalue weighted by molar-refractivity contribution is 7.38. The summed E-state index contributed by atoms with van der Waals surface area (Å²) in [6.07, 6.45) is 0. The highest BCUT2D eigenvalue weighted by Crippen LogP contribution is 2.11. The summed E-state index contributed by atoms with van der Waals surface area (Å²) >= 11 is 0. The molecule has 0 radical (unpaired) electrons. The van der Waals surface area contributed by atoms with Crippen molar-refractivity contribution in [2.45, 2.75) is 0 Å². The van der Waals surface area contributed by atoms with Crippen molar-refractivity contribution >= 4 is 8.60 Å². The minimum Gasteiger partial charge on any atom is -0.329 e. The van der Waals surface area contributed by atoms with Crippen LogP contribution in [-0.4, -0.2) is 40.9 Å². The topological polar surface area (TPSA) is 125 Å². The van der Waals surface area contributed by atoms with Crippen molar-refractivity contribution in [3.8, 4) is 0 Å². The van der Waals surface area contributed by atoms with E-state index in [2.05, 4.69) is 5.32 Å². The molecule has 0 saturated carbocycles. The molecule has 7 heteroatoms. The van der Waals surface area contributed by atoms with Crippen LogP contribution in [0.15, 0.2) is 0 Å². The average Bonchev–Trinajstić information content (AvgIpc) is 1.88. The zero-order valence-corrected chi connectivity index (χ0v) is 7.17. The number of hydrogen-bond donors (Lipinski definition) is 6. The van der Waals surface area contributed by atoms with Crippen LogP contribution in [0.2, 0.25) is 0 Å². The monoisotopic (exact) mass is 185 g/mol. The van der Waals surface area contributed by atoms with Gasteiger partial charge in [-0.15, -0.1) is 0 Å². The van der Waals surface area contributed by atoms with Crippen LogP contribution in [0.3, 0.4) is 0 Å². The Morgan fingerprint density at radius 3 is 1.45 bits per heavy atom. The SMILES string of the molecule is NCCNCCN.OP(O)O. The van der Waals surface area contributed by atoms with Gasteiger partial charge in [-0.05, 0) is 0 Å². The second kappa shape index (κ2) is 12.8. The molecule has 0 amide bonds. The summed E-state index contributed by atoms with van der Waals surface area (Å²) in [5, 5.41) is 3.03. The zero-order valence-electron chi connectivity index (χ0n) is 6.27. The maximum Gasteiger partial charge on any atom is 0.324 e. The zero-order chi connectivity index (χ0) is 9.11. The first kappa shape index (κ1) is 13.8. The van der Waals surface area contributed by atoms with Crippen LogP contribution >= 0.6 is 8.60 Å².